The lowest BCUT2D eigenvalue weighted by Crippen LogP contribution is -2.52. The zero-order valence-corrected chi connectivity index (χ0v) is 14.3. The van der Waals surface area contributed by atoms with Crippen LogP contribution in [0.3, 0.4) is 0 Å². The number of aryl methyl sites for hydroxylation is 2. The van der Waals surface area contributed by atoms with Gasteiger partial charge in [-0.05, 0) is 64.2 Å². The number of carboxylic acids is 1. The molecule has 5 nitrogen and oxygen atoms in total. The van der Waals surface area contributed by atoms with Crippen molar-refractivity contribution in [2.75, 3.05) is 6.54 Å². The van der Waals surface area contributed by atoms with Gasteiger partial charge in [0.25, 0.3) is 0 Å². The first kappa shape index (κ1) is 17.3. The fraction of sp³-hybridized carbons (Fsp3) is 0.556. The topological polar surface area (TPSA) is 66.8 Å². The second-order valence-corrected chi connectivity index (χ2v) is 7.11. The van der Waals surface area contributed by atoms with Crippen LogP contribution in [0.1, 0.15) is 55.1 Å². The molecule has 0 bridgehead atoms. The number of hydrogen-bond acceptors (Lipinski definition) is 3. The molecule has 1 fully saturated rings. The molecule has 0 radical (unpaired) electrons. The SMILES string of the molecule is Cc1ccc(CCC2CCN2C(=O)OC(C)(C)C)cc1C(=O)O. The zero-order chi connectivity index (χ0) is 17.2. The largest absolute Gasteiger partial charge is 0.478 e. The summed E-state index contributed by atoms with van der Waals surface area (Å²) >= 11 is 0. The van der Waals surface area contributed by atoms with Crippen LogP contribution in [0.2, 0.25) is 0 Å². The number of ether oxygens (including phenoxy) is 1. The van der Waals surface area contributed by atoms with Crippen molar-refractivity contribution >= 4 is 12.1 Å². The number of carbonyl (C=O) groups excluding carboxylic acids is 1. The Morgan fingerprint density at radius 2 is 2.04 bits per heavy atom. The Hall–Kier alpha value is -2.04. The van der Waals surface area contributed by atoms with E-state index in [1.807, 2.05) is 32.9 Å². The first-order chi connectivity index (χ1) is 10.7. The Kier molecular flexibility index (Phi) is 4.97. The highest BCUT2D eigenvalue weighted by Gasteiger charge is 2.34. The van der Waals surface area contributed by atoms with Crippen LogP contribution < -0.4 is 0 Å². The molecular formula is C18H25NO4. The van der Waals surface area contributed by atoms with Crippen LogP contribution in [0.4, 0.5) is 4.79 Å². The Morgan fingerprint density at radius 3 is 2.57 bits per heavy atom. The summed E-state index contributed by atoms with van der Waals surface area (Å²) in [6, 6.07) is 5.71. The molecule has 23 heavy (non-hydrogen) atoms. The van der Waals surface area contributed by atoms with Crippen molar-refractivity contribution in [3.8, 4) is 0 Å². The molecule has 1 aliphatic heterocycles. The Bertz CT molecular complexity index is 604. The van der Waals surface area contributed by atoms with Gasteiger partial charge in [-0.25, -0.2) is 9.59 Å². The summed E-state index contributed by atoms with van der Waals surface area (Å²) in [5.41, 5.74) is 1.62. The number of benzene rings is 1. The summed E-state index contributed by atoms with van der Waals surface area (Å²) in [6.07, 6.45) is 2.28. The number of hydrogen-bond donors (Lipinski definition) is 1. The van der Waals surface area contributed by atoms with Crippen molar-refractivity contribution in [3.63, 3.8) is 0 Å². The minimum atomic E-state index is -0.900. The molecule has 1 heterocycles. The third-order valence-corrected chi connectivity index (χ3v) is 4.07. The fourth-order valence-electron chi connectivity index (χ4n) is 2.69. The summed E-state index contributed by atoms with van der Waals surface area (Å²) in [5, 5.41) is 9.18. The van der Waals surface area contributed by atoms with E-state index in [1.54, 1.807) is 17.9 Å². The molecule has 1 atom stereocenters. The molecule has 0 saturated carbocycles. The predicted octanol–water partition coefficient (Wildman–Crippen LogP) is 3.64. The highest BCUT2D eigenvalue weighted by molar-refractivity contribution is 5.89. The number of amides is 1. The molecule has 0 aliphatic carbocycles. The third kappa shape index (κ3) is 4.47. The predicted molar refractivity (Wildman–Crippen MR) is 87.8 cm³/mol. The molecule has 126 valence electrons. The van der Waals surface area contributed by atoms with Gasteiger partial charge in [-0.15, -0.1) is 0 Å². The van der Waals surface area contributed by atoms with Gasteiger partial charge in [0.2, 0.25) is 0 Å². The maximum absolute atomic E-state index is 12.1. The van der Waals surface area contributed by atoms with E-state index in [2.05, 4.69) is 0 Å². The van der Waals surface area contributed by atoms with Gasteiger partial charge in [0.15, 0.2) is 0 Å². The van der Waals surface area contributed by atoms with Gasteiger partial charge in [0.05, 0.1) is 5.56 Å². The van der Waals surface area contributed by atoms with Crippen molar-refractivity contribution in [2.24, 2.45) is 0 Å². The van der Waals surface area contributed by atoms with Crippen LogP contribution in [-0.4, -0.2) is 40.3 Å². The molecule has 1 amide bonds. The average Bonchev–Trinajstić information content (AvgIpc) is 2.36. The van der Waals surface area contributed by atoms with Gasteiger partial charge >= 0.3 is 12.1 Å². The maximum atomic E-state index is 12.1. The molecule has 1 saturated heterocycles. The van der Waals surface area contributed by atoms with Gasteiger partial charge < -0.3 is 14.7 Å². The van der Waals surface area contributed by atoms with Crippen LogP contribution in [-0.2, 0) is 11.2 Å². The van der Waals surface area contributed by atoms with Crippen LogP contribution in [0, 0.1) is 6.92 Å². The number of likely N-dealkylation sites (tertiary alicyclic amines) is 1. The van der Waals surface area contributed by atoms with Crippen molar-refractivity contribution < 1.29 is 19.4 Å². The Morgan fingerprint density at radius 1 is 1.35 bits per heavy atom. The Balaban J connectivity index is 1.93. The Labute approximate surface area is 137 Å². The van der Waals surface area contributed by atoms with Crippen LogP contribution in [0.5, 0.6) is 0 Å². The quantitative estimate of drug-likeness (QED) is 0.920. The van der Waals surface area contributed by atoms with E-state index in [1.165, 1.54) is 0 Å². The maximum Gasteiger partial charge on any atom is 0.410 e. The molecular weight excluding hydrogens is 294 g/mol. The molecule has 0 spiro atoms. The molecule has 0 aromatic heterocycles. The van der Waals surface area contributed by atoms with Crippen molar-refractivity contribution in [1.82, 2.24) is 4.90 Å². The minimum absolute atomic E-state index is 0.180. The second kappa shape index (κ2) is 6.60. The number of aromatic carboxylic acids is 1. The van der Waals surface area contributed by atoms with Crippen molar-refractivity contribution in [3.05, 3.63) is 34.9 Å². The van der Waals surface area contributed by atoms with E-state index in [9.17, 15) is 14.7 Å². The molecule has 1 aromatic carbocycles. The van der Waals surface area contributed by atoms with E-state index >= 15 is 0 Å². The molecule has 1 unspecified atom stereocenters. The van der Waals surface area contributed by atoms with E-state index in [0.29, 0.717) is 5.56 Å². The minimum Gasteiger partial charge on any atom is -0.478 e. The summed E-state index contributed by atoms with van der Waals surface area (Å²) in [7, 11) is 0. The smallest absolute Gasteiger partial charge is 0.410 e. The van der Waals surface area contributed by atoms with Crippen molar-refractivity contribution in [1.29, 1.82) is 0 Å². The van der Waals surface area contributed by atoms with Gasteiger partial charge in [0, 0.05) is 12.6 Å². The lowest BCUT2D eigenvalue weighted by atomic mass is 9.94. The van der Waals surface area contributed by atoms with Gasteiger partial charge in [-0.3, -0.25) is 0 Å². The summed E-state index contributed by atoms with van der Waals surface area (Å²) in [5.74, 6) is -0.900. The summed E-state index contributed by atoms with van der Waals surface area (Å²) in [6.45, 7) is 8.11. The van der Waals surface area contributed by atoms with Gasteiger partial charge in [0.1, 0.15) is 5.60 Å². The highest BCUT2D eigenvalue weighted by Crippen LogP contribution is 2.25. The summed E-state index contributed by atoms with van der Waals surface area (Å²) < 4.78 is 5.40. The van der Waals surface area contributed by atoms with E-state index in [0.717, 1.165) is 36.9 Å². The number of carboxylic acid groups (broad SMARTS) is 1. The normalized spacial score (nSPS) is 17.6. The lowest BCUT2D eigenvalue weighted by molar-refractivity contribution is -0.00656. The van der Waals surface area contributed by atoms with Gasteiger partial charge in [-0.1, -0.05) is 12.1 Å². The first-order valence-corrected chi connectivity index (χ1v) is 8.00. The first-order valence-electron chi connectivity index (χ1n) is 8.00. The number of nitrogens with zero attached hydrogens (tertiary/aromatic N) is 1. The van der Waals surface area contributed by atoms with Crippen LogP contribution in [0.15, 0.2) is 18.2 Å². The molecule has 1 N–H and O–H groups in total. The van der Waals surface area contributed by atoms with E-state index in [-0.39, 0.29) is 12.1 Å². The van der Waals surface area contributed by atoms with Crippen LogP contribution >= 0.6 is 0 Å². The second-order valence-electron chi connectivity index (χ2n) is 7.11. The molecule has 1 aliphatic rings. The third-order valence-electron chi connectivity index (χ3n) is 4.07. The van der Waals surface area contributed by atoms with Crippen molar-refractivity contribution in [2.45, 2.75) is 58.6 Å². The summed E-state index contributed by atoms with van der Waals surface area (Å²) in [4.78, 5) is 25.0. The average molecular weight is 319 g/mol. The highest BCUT2D eigenvalue weighted by atomic mass is 16.6. The zero-order valence-electron chi connectivity index (χ0n) is 14.3. The van der Waals surface area contributed by atoms with E-state index in [4.69, 9.17) is 4.74 Å². The van der Waals surface area contributed by atoms with E-state index < -0.39 is 11.6 Å². The van der Waals surface area contributed by atoms with Crippen LogP contribution in [0.25, 0.3) is 0 Å². The monoisotopic (exact) mass is 319 g/mol. The fourth-order valence-corrected chi connectivity index (χ4v) is 2.69. The molecule has 2 rings (SSSR count). The van der Waals surface area contributed by atoms with Gasteiger partial charge in [-0.2, -0.15) is 0 Å². The number of rotatable bonds is 4. The molecule has 1 aromatic rings. The number of carbonyl (C=O) groups is 2. The molecule has 5 heteroatoms. The standard InChI is InChI=1S/C18H25NO4/c1-12-5-6-13(11-15(12)16(20)21)7-8-14-9-10-19(14)17(22)23-18(2,3)4/h5-6,11,14H,7-10H2,1-4H3,(H,20,21). The lowest BCUT2D eigenvalue weighted by Gasteiger charge is -2.41.